The van der Waals surface area contributed by atoms with Crippen molar-refractivity contribution in [3.05, 3.63) is 64.1 Å². The summed E-state index contributed by atoms with van der Waals surface area (Å²) in [5, 5.41) is 0.683. The summed E-state index contributed by atoms with van der Waals surface area (Å²) in [5.74, 6) is -0.298. The summed E-state index contributed by atoms with van der Waals surface area (Å²) in [6.07, 6.45) is 1.45. The molecule has 0 aromatic heterocycles. The number of benzene rings is 2. The molecule has 1 heterocycles. The van der Waals surface area contributed by atoms with Crippen LogP contribution in [-0.2, 0) is 9.84 Å². The van der Waals surface area contributed by atoms with Crippen LogP contribution in [0.1, 0.15) is 23.2 Å². The number of halogens is 2. The van der Waals surface area contributed by atoms with E-state index in [1.165, 1.54) is 6.07 Å². The van der Waals surface area contributed by atoms with Gasteiger partial charge in [-0.1, -0.05) is 41.4 Å². The SMILES string of the molecule is O=C(c1ccc(Cl)c(Cl)c1)N1CCCC1CS(=O)(=O)c1ccccc1. The van der Waals surface area contributed by atoms with Gasteiger partial charge in [-0.3, -0.25) is 4.79 Å². The second-order valence-electron chi connectivity index (χ2n) is 6.02. The van der Waals surface area contributed by atoms with Gasteiger partial charge < -0.3 is 4.90 Å². The Bertz CT molecular complexity index is 884. The fourth-order valence-corrected chi connectivity index (χ4v) is 4.96. The van der Waals surface area contributed by atoms with Crippen LogP contribution in [0, 0.1) is 0 Å². The van der Waals surface area contributed by atoms with E-state index in [0.29, 0.717) is 28.6 Å². The molecular weight excluding hydrogens is 381 g/mol. The largest absolute Gasteiger partial charge is 0.335 e. The summed E-state index contributed by atoms with van der Waals surface area (Å²) in [7, 11) is -3.45. The zero-order chi connectivity index (χ0) is 18.0. The maximum Gasteiger partial charge on any atom is 0.254 e. The number of sulfone groups is 1. The van der Waals surface area contributed by atoms with E-state index in [1.54, 1.807) is 47.4 Å². The van der Waals surface area contributed by atoms with Crippen molar-refractivity contribution in [1.82, 2.24) is 4.90 Å². The molecule has 4 nitrogen and oxygen atoms in total. The molecule has 25 heavy (non-hydrogen) atoms. The molecule has 0 spiro atoms. The van der Waals surface area contributed by atoms with Gasteiger partial charge >= 0.3 is 0 Å². The number of nitrogens with zero attached hydrogens (tertiary/aromatic N) is 1. The van der Waals surface area contributed by atoms with Crippen molar-refractivity contribution in [3.63, 3.8) is 0 Å². The Morgan fingerprint density at radius 3 is 2.48 bits per heavy atom. The van der Waals surface area contributed by atoms with E-state index in [4.69, 9.17) is 23.2 Å². The van der Waals surface area contributed by atoms with Crippen LogP contribution in [-0.4, -0.2) is 37.6 Å². The Labute approximate surface area is 157 Å². The predicted octanol–water partition coefficient (Wildman–Crippen LogP) is 4.07. The maximum absolute atomic E-state index is 12.8. The Kier molecular flexibility index (Phi) is 5.37. The van der Waals surface area contributed by atoms with Gasteiger partial charge in [-0.15, -0.1) is 0 Å². The lowest BCUT2D eigenvalue weighted by Crippen LogP contribution is -2.39. The summed E-state index contributed by atoms with van der Waals surface area (Å²) in [6.45, 7) is 0.536. The van der Waals surface area contributed by atoms with Gasteiger partial charge in [0.05, 0.1) is 20.7 Å². The highest BCUT2D eigenvalue weighted by Crippen LogP contribution is 2.27. The molecule has 0 N–H and O–H groups in total. The zero-order valence-corrected chi connectivity index (χ0v) is 15.7. The quantitative estimate of drug-likeness (QED) is 0.780. The lowest BCUT2D eigenvalue weighted by Gasteiger charge is -2.25. The molecule has 1 aliphatic rings. The molecule has 1 unspecified atom stereocenters. The standard InChI is InChI=1S/C18H17Cl2NO3S/c19-16-9-8-13(11-17(16)20)18(22)21-10-4-5-14(21)12-25(23,24)15-6-2-1-3-7-15/h1-3,6-9,11,14H,4-5,10,12H2. The third-order valence-corrected chi connectivity index (χ3v) is 6.87. The van der Waals surface area contributed by atoms with Crippen LogP contribution in [0.25, 0.3) is 0 Å². The monoisotopic (exact) mass is 397 g/mol. The van der Waals surface area contributed by atoms with Crippen molar-refractivity contribution in [1.29, 1.82) is 0 Å². The van der Waals surface area contributed by atoms with Gasteiger partial charge in [0, 0.05) is 18.2 Å². The molecule has 3 rings (SSSR count). The van der Waals surface area contributed by atoms with E-state index in [2.05, 4.69) is 0 Å². The average molecular weight is 398 g/mol. The number of hydrogen-bond donors (Lipinski definition) is 0. The fraction of sp³-hybridized carbons (Fsp3) is 0.278. The number of hydrogen-bond acceptors (Lipinski definition) is 3. The Morgan fingerprint density at radius 1 is 1.08 bits per heavy atom. The first-order valence-electron chi connectivity index (χ1n) is 7.92. The smallest absolute Gasteiger partial charge is 0.254 e. The Balaban J connectivity index is 1.80. The molecule has 0 saturated carbocycles. The molecule has 1 aliphatic heterocycles. The average Bonchev–Trinajstić information content (AvgIpc) is 3.05. The Morgan fingerprint density at radius 2 is 1.80 bits per heavy atom. The highest BCUT2D eigenvalue weighted by atomic mass is 35.5. The zero-order valence-electron chi connectivity index (χ0n) is 13.4. The molecule has 7 heteroatoms. The van der Waals surface area contributed by atoms with Crippen LogP contribution in [0.3, 0.4) is 0 Å². The van der Waals surface area contributed by atoms with Gasteiger partial charge in [-0.2, -0.15) is 0 Å². The third kappa shape index (κ3) is 4.00. The van der Waals surface area contributed by atoms with Gasteiger partial charge in [0.1, 0.15) is 0 Å². The van der Waals surface area contributed by atoms with Crippen molar-refractivity contribution < 1.29 is 13.2 Å². The van der Waals surface area contributed by atoms with Gasteiger partial charge in [-0.25, -0.2) is 8.42 Å². The second kappa shape index (κ2) is 7.36. The molecule has 1 atom stereocenters. The first-order valence-corrected chi connectivity index (χ1v) is 10.3. The number of likely N-dealkylation sites (tertiary alicyclic amines) is 1. The lowest BCUT2D eigenvalue weighted by molar-refractivity contribution is 0.0749. The summed E-state index contributed by atoms with van der Waals surface area (Å²) in [4.78, 5) is 14.7. The number of amides is 1. The number of carbonyl (C=O) groups excluding carboxylic acids is 1. The van der Waals surface area contributed by atoms with E-state index in [1.807, 2.05) is 0 Å². The molecule has 1 amide bonds. The van der Waals surface area contributed by atoms with Crippen LogP contribution < -0.4 is 0 Å². The highest BCUT2D eigenvalue weighted by Gasteiger charge is 2.33. The fourth-order valence-electron chi connectivity index (χ4n) is 3.05. The normalized spacial score (nSPS) is 17.7. The minimum atomic E-state index is -3.45. The summed E-state index contributed by atoms with van der Waals surface area (Å²) in [6, 6.07) is 12.7. The van der Waals surface area contributed by atoms with Crippen molar-refractivity contribution in [2.75, 3.05) is 12.3 Å². The number of carbonyl (C=O) groups is 1. The minimum Gasteiger partial charge on any atom is -0.335 e. The lowest BCUT2D eigenvalue weighted by atomic mass is 10.2. The van der Waals surface area contributed by atoms with Gasteiger partial charge in [0.2, 0.25) is 0 Å². The van der Waals surface area contributed by atoms with Crippen molar-refractivity contribution in [3.8, 4) is 0 Å². The molecule has 0 bridgehead atoms. The third-order valence-electron chi connectivity index (χ3n) is 4.32. The highest BCUT2D eigenvalue weighted by molar-refractivity contribution is 7.91. The van der Waals surface area contributed by atoms with Crippen LogP contribution in [0.15, 0.2) is 53.4 Å². The number of rotatable bonds is 4. The first kappa shape index (κ1) is 18.2. The van der Waals surface area contributed by atoms with E-state index >= 15 is 0 Å². The second-order valence-corrected chi connectivity index (χ2v) is 8.87. The van der Waals surface area contributed by atoms with Crippen LogP contribution >= 0.6 is 23.2 Å². The van der Waals surface area contributed by atoms with E-state index in [0.717, 1.165) is 6.42 Å². The molecule has 2 aromatic rings. The molecule has 1 saturated heterocycles. The molecule has 2 aromatic carbocycles. The minimum absolute atomic E-state index is 0.0793. The predicted molar refractivity (Wildman–Crippen MR) is 99.0 cm³/mol. The summed E-state index contributed by atoms with van der Waals surface area (Å²) >= 11 is 11.9. The van der Waals surface area contributed by atoms with Gasteiger partial charge in [0.15, 0.2) is 9.84 Å². The summed E-state index contributed by atoms with van der Waals surface area (Å²) in [5.41, 5.74) is 0.415. The van der Waals surface area contributed by atoms with Crippen LogP contribution in [0.5, 0.6) is 0 Å². The van der Waals surface area contributed by atoms with Crippen molar-refractivity contribution >= 4 is 38.9 Å². The molecule has 0 aliphatic carbocycles. The van der Waals surface area contributed by atoms with E-state index in [9.17, 15) is 13.2 Å². The topological polar surface area (TPSA) is 54.5 Å². The molecular formula is C18H17Cl2NO3S. The molecule has 1 fully saturated rings. The van der Waals surface area contributed by atoms with Crippen molar-refractivity contribution in [2.45, 2.75) is 23.8 Å². The van der Waals surface area contributed by atoms with E-state index < -0.39 is 9.84 Å². The van der Waals surface area contributed by atoms with Crippen LogP contribution in [0.4, 0.5) is 0 Å². The van der Waals surface area contributed by atoms with Gasteiger partial charge in [0.25, 0.3) is 5.91 Å². The maximum atomic E-state index is 12.8. The van der Waals surface area contributed by atoms with Crippen LogP contribution in [0.2, 0.25) is 10.0 Å². The summed E-state index contributed by atoms with van der Waals surface area (Å²) < 4.78 is 25.2. The molecule has 132 valence electrons. The Hall–Kier alpha value is -1.56. The first-order chi connectivity index (χ1) is 11.9. The molecule has 0 radical (unpaired) electrons. The van der Waals surface area contributed by atoms with Crippen molar-refractivity contribution in [2.24, 2.45) is 0 Å². The van der Waals surface area contributed by atoms with Gasteiger partial charge in [-0.05, 0) is 43.2 Å². The van der Waals surface area contributed by atoms with E-state index in [-0.39, 0.29) is 22.6 Å².